The highest BCUT2D eigenvalue weighted by Crippen LogP contribution is 2.26. The Hall–Kier alpha value is -0.920. The van der Waals surface area contributed by atoms with Gasteiger partial charge >= 0.3 is 0 Å². The molecular formula is C27H48O2. The van der Waals surface area contributed by atoms with E-state index in [1.807, 2.05) is 0 Å². The Morgan fingerprint density at radius 2 is 1.34 bits per heavy atom. The Kier molecular flexibility index (Phi) is 15.2. The van der Waals surface area contributed by atoms with Crippen molar-refractivity contribution >= 4 is 11.6 Å². The van der Waals surface area contributed by atoms with Crippen molar-refractivity contribution in [1.29, 1.82) is 0 Å². The van der Waals surface area contributed by atoms with Gasteiger partial charge in [0.2, 0.25) is 0 Å². The first-order valence-corrected chi connectivity index (χ1v) is 12.8. The van der Waals surface area contributed by atoms with E-state index in [0.717, 1.165) is 44.1 Å². The third-order valence-corrected chi connectivity index (χ3v) is 6.59. The first kappa shape index (κ1) is 26.1. The molecule has 0 saturated heterocycles. The van der Waals surface area contributed by atoms with Gasteiger partial charge in [0.25, 0.3) is 0 Å². The molecule has 0 aromatic rings. The standard InChI is InChI=1S/C16H30O.C11H18O/c1-15-12-10-8-6-4-2-3-5-7-9-11-13-16(17)14-15;1-3-4-5-6-10-9(2)7-8-11(10)12/h15H,2-14H2,1H3;3-8H2,1-2H3. The maximum atomic E-state index is 11.7. The summed E-state index contributed by atoms with van der Waals surface area (Å²) in [6.45, 7) is 6.54. The summed E-state index contributed by atoms with van der Waals surface area (Å²) in [5.74, 6) is 1.53. The van der Waals surface area contributed by atoms with Crippen molar-refractivity contribution in [1.82, 2.24) is 0 Å². The SMILES string of the molecule is CC1CCCCCCCCCCCCC(=O)C1.CCCCCC1=C(C)CCC1=O. The Balaban J connectivity index is 0.000000308. The van der Waals surface area contributed by atoms with Crippen LogP contribution in [0.5, 0.6) is 0 Å². The lowest BCUT2D eigenvalue weighted by Crippen LogP contribution is -2.05. The molecule has 0 heterocycles. The second kappa shape index (κ2) is 16.8. The number of hydrogen-bond acceptors (Lipinski definition) is 2. The highest BCUT2D eigenvalue weighted by atomic mass is 16.1. The molecule has 1 saturated carbocycles. The van der Waals surface area contributed by atoms with Crippen molar-refractivity contribution in [2.45, 2.75) is 143 Å². The number of carbonyl (C=O) groups is 2. The van der Waals surface area contributed by atoms with Crippen LogP contribution in [0.1, 0.15) is 143 Å². The predicted octanol–water partition coefficient (Wildman–Crippen LogP) is 8.52. The first-order valence-electron chi connectivity index (χ1n) is 12.8. The molecular weight excluding hydrogens is 356 g/mol. The maximum Gasteiger partial charge on any atom is 0.159 e. The van der Waals surface area contributed by atoms with Crippen molar-refractivity contribution in [2.24, 2.45) is 5.92 Å². The van der Waals surface area contributed by atoms with Crippen LogP contribution < -0.4 is 0 Å². The van der Waals surface area contributed by atoms with Gasteiger partial charge in [-0.2, -0.15) is 0 Å². The minimum absolute atomic E-state index is 0.406. The lowest BCUT2D eigenvalue weighted by molar-refractivity contribution is -0.120. The molecule has 29 heavy (non-hydrogen) atoms. The molecule has 0 aromatic carbocycles. The summed E-state index contributed by atoms with van der Waals surface area (Å²) in [5, 5.41) is 0. The average molecular weight is 405 g/mol. The number of carbonyl (C=O) groups excluding carboxylic acids is 2. The summed E-state index contributed by atoms with van der Waals surface area (Å²) in [5.41, 5.74) is 2.49. The minimum atomic E-state index is 0.406. The smallest absolute Gasteiger partial charge is 0.159 e. The molecule has 0 aliphatic heterocycles. The van der Waals surface area contributed by atoms with E-state index in [1.165, 1.54) is 89.0 Å². The van der Waals surface area contributed by atoms with Gasteiger partial charge in [-0.05, 0) is 44.1 Å². The van der Waals surface area contributed by atoms with Crippen molar-refractivity contribution in [2.75, 3.05) is 0 Å². The van der Waals surface area contributed by atoms with Crippen LogP contribution in [0, 0.1) is 5.92 Å². The lowest BCUT2D eigenvalue weighted by atomic mass is 9.95. The lowest BCUT2D eigenvalue weighted by Gasteiger charge is -2.10. The third kappa shape index (κ3) is 13.1. The molecule has 0 amide bonds. The molecule has 1 atom stereocenters. The first-order chi connectivity index (χ1) is 14.0. The van der Waals surface area contributed by atoms with Crippen molar-refractivity contribution in [3.8, 4) is 0 Å². The number of hydrogen-bond donors (Lipinski definition) is 0. The van der Waals surface area contributed by atoms with Crippen molar-refractivity contribution in [3.05, 3.63) is 11.1 Å². The number of Topliss-reactive ketones (excluding diaryl/α,β-unsaturated/α-hetero) is 2. The normalized spacial score (nSPS) is 23.2. The van der Waals surface area contributed by atoms with Crippen molar-refractivity contribution < 1.29 is 9.59 Å². The van der Waals surface area contributed by atoms with Crippen LogP contribution in [0.25, 0.3) is 0 Å². The minimum Gasteiger partial charge on any atom is -0.300 e. The van der Waals surface area contributed by atoms with E-state index in [0.29, 0.717) is 17.5 Å². The molecule has 2 aliphatic carbocycles. The van der Waals surface area contributed by atoms with E-state index in [-0.39, 0.29) is 0 Å². The zero-order valence-corrected chi connectivity index (χ0v) is 19.8. The molecule has 2 aliphatic rings. The molecule has 0 N–H and O–H groups in total. The second-order valence-corrected chi connectivity index (χ2v) is 9.56. The van der Waals surface area contributed by atoms with Gasteiger partial charge in [-0.25, -0.2) is 0 Å². The van der Waals surface area contributed by atoms with Crippen LogP contribution in [0.3, 0.4) is 0 Å². The fourth-order valence-electron chi connectivity index (χ4n) is 4.57. The topological polar surface area (TPSA) is 34.1 Å². The van der Waals surface area contributed by atoms with Gasteiger partial charge in [0.15, 0.2) is 5.78 Å². The second-order valence-electron chi connectivity index (χ2n) is 9.56. The summed E-state index contributed by atoms with van der Waals surface area (Å²) in [6, 6.07) is 0. The van der Waals surface area contributed by atoms with Gasteiger partial charge < -0.3 is 0 Å². The third-order valence-electron chi connectivity index (χ3n) is 6.59. The van der Waals surface area contributed by atoms with Crippen LogP contribution in [0.2, 0.25) is 0 Å². The molecule has 168 valence electrons. The zero-order valence-electron chi connectivity index (χ0n) is 19.8. The van der Waals surface area contributed by atoms with Crippen LogP contribution in [-0.4, -0.2) is 11.6 Å². The highest BCUT2D eigenvalue weighted by Gasteiger charge is 2.18. The average Bonchev–Trinajstić information content (AvgIpc) is 3.00. The summed E-state index contributed by atoms with van der Waals surface area (Å²) in [6.07, 6.45) is 22.9. The molecule has 2 nitrogen and oxygen atoms in total. The van der Waals surface area contributed by atoms with Crippen LogP contribution in [0.4, 0.5) is 0 Å². The molecule has 0 bridgehead atoms. The zero-order chi connectivity index (χ0) is 21.3. The number of allylic oxidation sites excluding steroid dienone is 2. The fraction of sp³-hybridized carbons (Fsp3) is 0.852. The van der Waals surface area contributed by atoms with Gasteiger partial charge in [-0.3, -0.25) is 9.59 Å². The van der Waals surface area contributed by atoms with E-state index in [2.05, 4.69) is 20.8 Å². The van der Waals surface area contributed by atoms with Gasteiger partial charge in [0.05, 0.1) is 0 Å². The Morgan fingerprint density at radius 1 is 0.759 bits per heavy atom. The Bertz CT molecular complexity index is 489. The molecule has 0 spiro atoms. The van der Waals surface area contributed by atoms with E-state index < -0.39 is 0 Å². The maximum absolute atomic E-state index is 11.7. The Morgan fingerprint density at radius 3 is 1.90 bits per heavy atom. The van der Waals surface area contributed by atoms with Gasteiger partial charge in [0.1, 0.15) is 5.78 Å². The molecule has 2 rings (SSSR count). The number of rotatable bonds is 4. The Labute approximate surface area is 181 Å². The van der Waals surface area contributed by atoms with E-state index in [9.17, 15) is 9.59 Å². The van der Waals surface area contributed by atoms with E-state index >= 15 is 0 Å². The summed E-state index contributed by atoms with van der Waals surface area (Å²) >= 11 is 0. The summed E-state index contributed by atoms with van der Waals surface area (Å²) in [4.78, 5) is 23.1. The number of unbranched alkanes of at least 4 members (excludes halogenated alkanes) is 2. The largest absolute Gasteiger partial charge is 0.300 e. The number of ketones is 2. The molecule has 0 aromatic heterocycles. The van der Waals surface area contributed by atoms with Gasteiger partial charge in [-0.1, -0.05) is 96.5 Å². The summed E-state index contributed by atoms with van der Waals surface area (Å²) in [7, 11) is 0. The molecule has 2 heteroatoms. The predicted molar refractivity (Wildman–Crippen MR) is 125 cm³/mol. The fourth-order valence-corrected chi connectivity index (χ4v) is 4.57. The van der Waals surface area contributed by atoms with Crippen LogP contribution >= 0.6 is 0 Å². The molecule has 1 fully saturated rings. The van der Waals surface area contributed by atoms with Gasteiger partial charge in [0, 0.05) is 19.3 Å². The van der Waals surface area contributed by atoms with E-state index in [4.69, 9.17) is 0 Å². The molecule has 0 radical (unpaired) electrons. The summed E-state index contributed by atoms with van der Waals surface area (Å²) < 4.78 is 0. The highest BCUT2D eigenvalue weighted by molar-refractivity contribution is 5.98. The van der Waals surface area contributed by atoms with E-state index in [1.54, 1.807) is 0 Å². The van der Waals surface area contributed by atoms with Crippen LogP contribution in [-0.2, 0) is 9.59 Å². The van der Waals surface area contributed by atoms with Crippen LogP contribution in [0.15, 0.2) is 11.1 Å². The quantitative estimate of drug-likeness (QED) is 0.440. The monoisotopic (exact) mass is 404 g/mol. The molecule has 1 unspecified atom stereocenters. The van der Waals surface area contributed by atoms with Crippen molar-refractivity contribution in [3.63, 3.8) is 0 Å². The van der Waals surface area contributed by atoms with Gasteiger partial charge in [-0.15, -0.1) is 0 Å².